The maximum atomic E-state index is 12.2. The summed E-state index contributed by atoms with van der Waals surface area (Å²) >= 11 is 0. The van der Waals surface area contributed by atoms with Crippen LogP contribution in [0.25, 0.3) is 0 Å². The van der Waals surface area contributed by atoms with Crippen LogP contribution in [0.1, 0.15) is 59.3 Å². The van der Waals surface area contributed by atoms with Crippen LogP contribution in [-0.4, -0.2) is 35.0 Å². The maximum absolute atomic E-state index is 12.2. The van der Waals surface area contributed by atoms with Crippen LogP contribution in [-0.2, 0) is 9.59 Å². The molecule has 0 aromatic heterocycles. The van der Waals surface area contributed by atoms with E-state index in [0.717, 1.165) is 25.7 Å². The molecule has 1 atom stereocenters. The number of carboxylic acids is 1. The first-order valence-electron chi connectivity index (χ1n) is 7.49. The van der Waals surface area contributed by atoms with E-state index in [4.69, 9.17) is 0 Å². The van der Waals surface area contributed by atoms with Crippen molar-refractivity contribution in [2.24, 2.45) is 11.3 Å². The second-order valence-electron chi connectivity index (χ2n) is 5.85. The van der Waals surface area contributed by atoms with Crippen molar-refractivity contribution in [1.29, 1.82) is 0 Å². The summed E-state index contributed by atoms with van der Waals surface area (Å²) in [4.78, 5) is 25.5. The van der Waals surface area contributed by atoms with Gasteiger partial charge in [0.1, 0.15) is 0 Å². The van der Waals surface area contributed by atoms with E-state index >= 15 is 0 Å². The molecule has 1 aliphatic rings. The maximum Gasteiger partial charge on any atom is 0.309 e. The van der Waals surface area contributed by atoms with Gasteiger partial charge in [0.25, 0.3) is 0 Å². The smallest absolute Gasteiger partial charge is 0.309 e. The van der Waals surface area contributed by atoms with Gasteiger partial charge < -0.3 is 10.0 Å². The number of amides is 1. The molecule has 1 rings (SSSR count). The van der Waals surface area contributed by atoms with Crippen LogP contribution in [0.3, 0.4) is 0 Å². The van der Waals surface area contributed by atoms with Gasteiger partial charge in [-0.05, 0) is 25.7 Å². The molecule has 1 saturated heterocycles. The lowest BCUT2D eigenvalue weighted by molar-refractivity contribution is -0.155. The van der Waals surface area contributed by atoms with Gasteiger partial charge in [0.05, 0.1) is 5.41 Å². The minimum absolute atomic E-state index is 0.0634. The molecule has 0 radical (unpaired) electrons. The highest BCUT2D eigenvalue weighted by Gasteiger charge is 2.41. The number of carbonyl (C=O) groups excluding carboxylic acids is 1. The summed E-state index contributed by atoms with van der Waals surface area (Å²) in [5, 5.41) is 9.43. The minimum atomic E-state index is -0.692. The first-order valence-corrected chi connectivity index (χ1v) is 7.49. The number of rotatable bonds is 6. The topological polar surface area (TPSA) is 57.6 Å². The number of hydrogen-bond acceptors (Lipinski definition) is 2. The molecule has 1 aliphatic heterocycles. The molecular weight excluding hydrogens is 242 g/mol. The Morgan fingerprint density at radius 3 is 2.21 bits per heavy atom. The lowest BCUT2D eigenvalue weighted by Gasteiger charge is -2.39. The summed E-state index contributed by atoms with van der Waals surface area (Å²) in [5.41, 5.74) is -0.598. The van der Waals surface area contributed by atoms with E-state index in [1.165, 1.54) is 0 Å². The Kier molecular flexibility index (Phi) is 5.83. The number of aliphatic carboxylic acids is 1. The lowest BCUT2D eigenvalue weighted by Crippen LogP contribution is -2.47. The van der Waals surface area contributed by atoms with Gasteiger partial charge in [-0.2, -0.15) is 0 Å². The van der Waals surface area contributed by atoms with Crippen molar-refractivity contribution in [2.75, 3.05) is 13.1 Å². The molecule has 0 saturated carbocycles. The monoisotopic (exact) mass is 269 g/mol. The molecule has 1 amide bonds. The largest absolute Gasteiger partial charge is 0.481 e. The standard InChI is InChI=1S/C15H27NO3/c1-4-6-12(3)13(17)16-10-8-15(7-5-2,9-11-16)14(18)19/h12H,4-11H2,1-3H3,(H,18,19). The predicted octanol–water partition coefficient (Wildman–Crippen LogP) is 2.92. The fourth-order valence-corrected chi connectivity index (χ4v) is 3.07. The van der Waals surface area contributed by atoms with E-state index in [2.05, 4.69) is 6.92 Å². The first kappa shape index (κ1) is 16.0. The van der Waals surface area contributed by atoms with Gasteiger partial charge in [-0.3, -0.25) is 9.59 Å². The zero-order chi connectivity index (χ0) is 14.5. The molecule has 1 unspecified atom stereocenters. The second kappa shape index (κ2) is 6.92. The molecule has 4 heteroatoms. The number of hydrogen-bond donors (Lipinski definition) is 1. The summed E-state index contributed by atoms with van der Waals surface area (Å²) in [6.07, 6.45) is 4.72. The van der Waals surface area contributed by atoms with Crippen molar-refractivity contribution in [3.05, 3.63) is 0 Å². The van der Waals surface area contributed by atoms with Gasteiger partial charge in [-0.25, -0.2) is 0 Å². The van der Waals surface area contributed by atoms with Crippen molar-refractivity contribution in [2.45, 2.75) is 59.3 Å². The van der Waals surface area contributed by atoms with Gasteiger partial charge in [0.2, 0.25) is 5.91 Å². The van der Waals surface area contributed by atoms with Crippen LogP contribution in [0.2, 0.25) is 0 Å². The van der Waals surface area contributed by atoms with Gasteiger partial charge in [0, 0.05) is 19.0 Å². The van der Waals surface area contributed by atoms with Gasteiger partial charge in [0.15, 0.2) is 0 Å². The van der Waals surface area contributed by atoms with Crippen LogP contribution >= 0.6 is 0 Å². The predicted molar refractivity (Wildman–Crippen MR) is 74.9 cm³/mol. The van der Waals surface area contributed by atoms with Gasteiger partial charge in [-0.1, -0.05) is 33.6 Å². The van der Waals surface area contributed by atoms with Crippen LogP contribution in [0, 0.1) is 11.3 Å². The van der Waals surface area contributed by atoms with Crippen molar-refractivity contribution >= 4 is 11.9 Å². The van der Waals surface area contributed by atoms with Crippen molar-refractivity contribution in [3.8, 4) is 0 Å². The normalized spacial score (nSPS) is 20.1. The van der Waals surface area contributed by atoms with E-state index in [1.54, 1.807) is 0 Å². The highest BCUT2D eigenvalue weighted by Crippen LogP contribution is 2.36. The Morgan fingerprint density at radius 1 is 1.21 bits per heavy atom. The Balaban J connectivity index is 2.60. The Bertz CT molecular complexity index is 319. The second-order valence-corrected chi connectivity index (χ2v) is 5.85. The van der Waals surface area contributed by atoms with Crippen molar-refractivity contribution < 1.29 is 14.7 Å². The van der Waals surface area contributed by atoms with Gasteiger partial charge in [-0.15, -0.1) is 0 Å². The van der Waals surface area contributed by atoms with E-state index < -0.39 is 11.4 Å². The van der Waals surface area contributed by atoms with E-state index in [0.29, 0.717) is 25.9 Å². The Morgan fingerprint density at radius 2 is 1.79 bits per heavy atom. The summed E-state index contributed by atoms with van der Waals surface area (Å²) in [5.74, 6) is -0.436. The molecule has 4 nitrogen and oxygen atoms in total. The Labute approximate surface area is 116 Å². The molecule has 0 spiro atoms. The first-order chi connectivity index (χ1) is 8.96. The third kappa shape index (κ3) is 3.71. The van der Waals surface area contributed by atoms with E-state index in [9.17, 15) is 14.7 Å². The molecule has 1 N–H and O–H groups in total. The van der Waals surface area contributed by atoms with E-state index in [-0.39, 0.29) is 11.8 Å². The van der Waals surface area contributed by atoms with Crippen LogP contribution in [0.4, 0.5) is 0 Å². The molecule has 0 aromatic carbocycles. The lowest BCUT2D eigenvalue weighted by atomic mass is 9.75. The van der Waals surface area contributed by atoms with Crippen molar-refractivity contribution in [3.63, 3.8) is 0 Å². The summed E-state index contributed by atoms with van der Waals surface area (Å²) in [7, 11) is 0. The highest BCUT2D eigenvalue weighted by atomic mass is 16.4. The fraction of sp³-hybridized carbons (Fsp3) is 0.867. The van der Waals surface area contributed by atoms with Crippen LogP contribution < -0.4 is 0 Å². The summed E-state index contributed by atoms with van der Waals surface area (Å²) in [6.45, 7) is 7.26. The molecule has 1 heterocycles. The fourth-order valence-electron chi connectivity index (χ4n) is 3.07. The molecule has 1 fully saturated rings. The van der Waals surface area contributed by atoms with E-state index in [1.807, 2.05) is 18.7 Å². The molecule has 0 aliphatic carbocycles. The quantitative estimate of drug-likeness (QED) is 0.806. The summed E-state index contributed by atoms with van der Waals surface area (Å²) < 4.78 is 0. The SMILES string of the molecule is CCCC(C)C(=O)N1CCC(CCC)(C(=O)O)CC1. The molecule has 0 bridgehead atoms. The summed E-state index contributed by atoms with van der Waals surface area (Å²) in [6, 6.07) is 0. The third-order valence-corrected chi connectivity index (χ3v) is 4.36. The highest BCUT2D eigenvalue weighted by molar-refractivity contribution is 5.79. The minimum Gasteiger partial charge on any atom is -0.481 e. The van der Waals surface area contributed by atoms with Crippen LogP contribution in [0.5, 0.6) is 0 Å². The average Bonchev–Trinajstić information content (AvgIpc) is 2.39. The molecule has 110 valence electrons. The van der Waals surface area contributed by atoms with Crippen LogP contribution in [0.15, 0.2) is 0 Å². The number of carbonyl (C=O) groups is 2. The zero-order valence-corrected chi connectivity index (χ0v) is 12.4. The molecule has 0 aromatic rings. The number of nitrogens with zero attached hydrogens (tertiary/aromatic N) is 1. The molecular formula is C15H27NO3. The number of likely N-dealkylation sites (tertiary alicyclic amines) is 1. The average molecular weight is 269 g/mol. The Hall–Kier alpha value is -1.06. The number of carboxylic acid groups (broad SMARTS) is 1. The number of piperidine rings is 1. The third-order valence-electron chi connectivity index (χ3n) is 4.36. The molecule has 19 heavy (non-hydrogen) atoms. The van der Waals surface area contributed by atoms with Gasteiger partial charge >= 0.3 is 5.97 Å². The zero-order valence-electron chi connectivity index (χ0n) is 12.4. The van der Waals surface area contributed by atoms with Crippen molar-refractivity contribution in [1.82, 2.24) is 4.90 Å².